The third-order valence-corrected chi connectivity index (χ3v) is 3.68. The number of alkyl halides is 1. The highest BCUT2D eigenvalue weighted by atomic mass is 79.9. The number of nitrogen functional groups attached to an aromatic ring is 1. The Kier molecular flexibility index (Phi) is 2.94. The monoisotopic (exact) mass is 317 g/mol. The van der Waals surface area contributed by atoms with Gasteiger partial charge in [-0.1, -0.05) is 40.2 Å². The molecule has 0 amide bonds. The van der Waals surface area contributed by atoms with Gasteiger partial charge in [0, 0.05) is 17.9 Å². The lowest BCUT2D eigenvalue weighted by molar-refractivity contribution is 0.788. The largest absolute Gasteiger partial charge is 0.383 e. The number of aryl methyl sites for hydroxylation is 1. The summed E-state index contributed by atoms with van der Waals surface area (Å²) in [5, 5.41) is 6.14. The summed E-state index contributed by atoms with van der Waals surface area (Å²) in [6, 6.07) is 8.19. The lowest BCUT2D eigenvalue weighted by Crippen LogP contribution is -1.95. The van der Waals surface area contributed by atoms with Crippen molar-refractivity contribution in [3.8, 4) is 11.3 Å². The number of fused-ring (bicyclic) bond motifs is 1. The normalized spacial score (nSPS) is 11.1. The van der Waals surface area contributed by atoms with Crippen LogP contribution in [0.4, 0.5) is 5.82 Å². The van der Waals surface area contributed by atoms with Gasteiger partial charge in [-0.25, -0.2) is 14.6 Å². The number of hydrogen-bond donors (Lipinski definition) is 1. The number of halogens is 1. The maximum absolute atomic E-state index is 5.95. The molecule has 2 aromatic heterocycles. The molecule has 5 nitrogen and oxygen atoms in total. The SMILES string of the molecule is Cn1nc(-c2ccc(CBr)cc2)c2c(N)ncnc21. The Hall–Kier alpha value is -1.95. The Balaban J connectivity index is 2.24. The summed E-state index contributed by atoms with van der Waals surface area (Å²) in [5.74, 6) is 0.456. The van der Waals surface area contributed by atoms with E-state index in [1.165, 1.54) is 11.9 Å². The summed E-state index contributed by atoms with van der Waals surface area (Å²) in [6.07, 6.45) is 1.46. The van der Waals surface area contributed by atoms with E-state index in [9.17, 15) is 0 Å². The third-order valence-electron chi connectivity index (χ3n) is 3.03. The number of nitrogens with zero attached hydrogens (tertiary/aromatic N) is 4. The maximum atomic E-state index is 5.95. The predicted octanol–water partition coefficient (Wildman–Crippen LogP) is 2.51. The van der Waals surface area contributed by atoms with Crippen molar-refractivity contribution in [2.24, 2.45) is 7.05 Å². The fraction of sp³-hybridized carbons (Fsp3) is 0.154. The quantitative estimate of drug-likeness (QED) is 0.737. The van der Waals surface area contributed by atoms with Gasteiger partial charge in [0.15, 0.2) is 5.65 Å². The van der Waals surface area contributed by atoms with E-state index in [0.29, 0.717) is 5.82 Å². The molecule has 0 aliphatic carbocycles. The summed E-state index contributed by atoms with van der Waals surface area (Å²) >= 11 is 3.43. The van der Waals surface area contributed by atoms with Crippen LogP contribution in [0.3, 0.4) is 0 Å². The summed E-state index contributed by atoms with van der Waals surface area (Å²) < 4.78 is 1.72. The van der Waals surface area contributed by atoms with E-state index in [-0.39, 0.29) is 0 Å². The van der Waals surface area contributed by atoms with Crippen LogP contribution in [-0.4, -0.2) is 19.7 Å². The minimum Gasteiger partial charge on any atom is -0.383 e. The topological polar surface area (TPSA) is 69.6 Å². The summed E-state index contributed by atoms with van der Waals surface area (Å²) in [6.45, 7) is 0. The van der Waals surface area contributed by atoms with Gasteiger partial charge >= 0.3 is 0 Å². The average Bonchev–Trinajstić information content (AvgIpc) is 2.78. The van der Waals surface area contributed by atoms with Crippen molar-refractivity contribution >= 4 is 32.8 Å². The molecule has 96 valence electrons. The second-order valence-electron chi connectivity index (χ2n) is 4.26. The first-order valence-electron chi connectivity index (χ1n) is 5.79. The molecular formula is C13H12BrN5. The fourth-order valence-corrected chi connectivity index (χ4v) is 2.44. The molecule has 3 rings (SSSR count). The Morgan fingerprint density at radius 1 is 1.21 bits per heavy atom. The second kappa shape index (κ2) is 4.62. The molecule has 2 heterocycles. The van der Waals surface area contributed by atoms with Crippen LogP contribution in [0.2, 0.25) is 0 Å². The second-order valence-corrected chi connectivity index (χ2v) is 4.82. The summed E-state index contributed by atoms with van der Waals surface area (Å²) in [5.41, 5.74) is 9.74. The van der Waals surface area contributed by atoms with Gasteiger partial charge in [-0.3, -0.25) is 0 Å². The van der Waals surface area contributed by atoms with E-state index >= 15 is 0 Å². The third kappa shape index (κ3) is 1.98. The van der Waals surface area contributed by atoms with E-state index in [0.717, 1.165) is 27.6 Å². The van der Waals surface area contributed by atoms with Crippen LogP contribution in [0.5, 0.6) is 0 Å². The van der Waals surface area contributed by atoms with Crippen molar-refractivity contribution in [1.29, 1.82) is 0 Å². The smallest absolute Gasteiger partial charge is 0.163 e. The molecule has 0 bridgehead atoms. The molecule has 19 heavy (non-hydrogen) atoms. The van der Waals surface area contributed by atoms with Crippen molar-refractivity contribution in [2.45, 2.75) is 5.33 Å². The van der Waals surface area contributed by atoms with E-state index in [1.54, 1.807) is 4.68 Å². The lowest BCUT2D eigenvalue weighted by Gasteiger charge is -2.00. The number of benzene rings is 1. The van der Waals surface area contributed by atoms with Gasteiger partial charge in [-0.15, -0.1) is 0 Å². The predicted molar refractivity (Wildman–Crippen MR) is 78.8 cm³/mol. The van der Waals surface area contributed by atoms with Crippen molar-refractivity contribution in [3.05, 3.63) is 36.2 Å². The number of nitrogens with two attached hydrogens (primary N) is 1. The van der Waals surface area contributed by atoms with Gasteiger partial charge in [0.1, 0.15) is 17.8 Å². The zero-order valence-electron chi connectivity index (χ0n) is 10.3. The standard InChI is InChI=1S/C13H12BrN5/c1-19-13-10(12(15)16-7-17-13)11(18-19)9-4-2-8(6-14)3-5-9/h2-5,7H,6H2,1H3,(H2,15,16,17). The molecule has 0 spiro atoms. The zero-order chi connectivity index (χ0) is 13.4. The summed E-state index contributed by atoms with van der Waals surface area (Å²) in [4.78, 5) is 8.27. The van der Waals surface area contributed by atoms with Crippen LogP contribution in [0.1, 0.15) is 5.56 Å². The zero-order valence-corrected chi connectivity index (χ0v) is 11.9. The Labute approximate surface area is 118 Å². The van der Waals surface area contributed by atoms with Gasteiger partial charge < -0.3 is 5.73 Å². The van der Waals surface area contributed by atoms with Crippen LogP contribution in [0.15, 0.2) is 30.6 Å². The highest BCUT2D eigenvalue weighted by molar-refractivity contribution is 9.08. The van der Waals surface area contributed by atoms with Crippen molar-refractivity contribution in [3.63, 3.8) is 0 Å². The van der Waals surface area contributed by atoms with Gasteiger partial charge in [-0.2, -0.15) is 5.10 Å². The number of aromatic nitrogens is 4. The van der Waals surface area contributed by atoms with Gasteiger partial charge in [0.25, 0.3) is 0 Å². The van der Waals surface area contributed by atoms with Crippen LogP contribution in [0.25, 0.3) is 22.3 Å². The number of anilines is 1. The molecule has 3 aromatic rings. The number of rotatable bonds is 2. The highest BCUT2D eigenvalue weighted by Gasteiger charge is 2.14. The molecule has 0 saturated carbocycles. The Bertz CT molecular complexity index is 733. The van der Waals surface area contributed by atoms with Crippen molar-refractivity contribution in [2.75, 3.05) is 5.73 Å². The first-order chi connectivity index (χ1) is 9.20. The van der Waals surface area contributed by atoms with Crippen LogP contribution >= 0.6 is 15.9 Å². The van der Waals surface area contributed by atoms with Gasteiger partial charge in [0.2, 0.25) is 0 Å². The summed E-state index contributed by atoms with van der Waals surface area (Å²) in [7, 11) is 1.85. The molecule has 0 aliphatic rings. The van der Waals surface area contributed by atoms with Crippen molar-refractivity contribution < 1.29 is 0 Å². The average molecular weight is 318 g/mol. The minimum absolute atomic E-state index is 0.456. The van der Waals surface area contributed by atoms with Crippen LogP contribution in [-0.2, 0) is 12.4 Å². The molecular weight excluding hydrogens is 306 g/mol. The number of hydrogen-bond acceptors (Lipinski definition) is 4. The van der Waals surface area contributed by atoms with E-state index in [4.69, 9.17) is 5.73 Å². The molecule has 2 N–H and O–H groups in total. The highest BCUT2D eigenvalue weighted by Crippen LogP contribution is 2.29. The van der Waals surface area contributed by atoms with E-state index < -0.39 is 0 Å². The van der Waals surface area contributed by atoms with Gasteiger partial charge in [0.05, 0.1) is 5.39 Å². The van der Waals surface area contributed by atoms with Crippen LogP contribution in [0, 0.1) is 0 Å². The van der Waals surface area contributed by atoms with Gasteiger partial charge in [-0.05, 0) is 5.56 Å². The molecule has 1 aromatic carbocycles. The Morgan fingerprint density at radius 2 is 1.95 bits per heavy atom. The maximum Gasteiger partial charge on any atom is 0.163 e. The molecule has 0 unspecified atom stereocenters. The molecule has 6 heteroatoms. The Morgan fingerprint density at radius 3 is 2.63 bits per heavy atom. The molecule has 0 aliphatic heterocycles. The van der Waals surface area contributed by atoms with Crippen LogP contribution < -0.4 is 5.73 Å². The molecule has 0 atom stereocenters. The first kappa shape index (κ1) is 12.1. The fourth-order valence-electron chi connectivity index (χ4n) is 2.06. The molecule has 0 fully saturated rings. The van der Waals surface area contributed by atoms with E-state index in [1.807, 2.05) is 19.2 Å². The molecule has 0 saturated heterocycles. The minimum atomic E-state index is 0.456. The van der Waals surface area contributed by atoms with Crippen molar-refractivity contribution in [1.82, 2.24) is 19.7 Å². The lowest BCUT2D eigenvalue weighted by atomic mass is 10.1. The molecule has 0 radical (unpaired) electrons. The van der Waals surface area contributed by atoms with E-state index in [2.05, 4.69) is 43.1 Å². The first-order valence-corrected chi connectivity index (χ1v) is 6.91.